The van der Waals surface area contributed by atoms with Gasteiger partial charge in [-0.1, -0.05) is 0 Å². The molecule has 1 amide bonds. The smallest absolute Gasteiger partial charge is 0.239 e. The van der Waals surface area contributed by atoms with Crippen molar-refractivity contribution in [1.29, 1.82) is 0 Å². The van der Waals surface area contributed by atoms with Gasteiger partial charge in [-0.25, -0.2) is 0 Å². The van der Waals surface area contributed by atoms with Crippen LogP contribution in [0.15, 0.2) is 0 Å². The Hall–Kier alpha value is -0.360. The molecule has 2 heterocycles. The Morgan fingerprint density at radius 1 is 1.29 bits per heavy atom. The molecular formula is C11H21ClN2O3. The number of ether oxygens (including phenoxy) is 2. The summed E-state index contributed by atoms with van der Waals surface area (Å²) in [4.78, 5) is 11.7. The standard InChI is InChI=1S/C11H20N2O3.ClH/c14-11(10-8-16-5-3-12-10)13-6-9-2-1-4-15-7-9;/h9-10,12H,1-8H2,(H,13,14);1H. The van der Waals surface area contributed by atoms with E-state index >= 15 is 0 Å². The van der Waals surface area contributed by atoms with Gasteiger partial charge in [0, 0.05) is 19.7 Å². The lowest BCUT2D eigenvalue weighted by Gasteiger charge is -2.26. The summed E-state index contributed by atoms with van der Waals surface area (Å²) in [5.74, 6) is 0.521. The second-order valence-electron chi connectivity index (χ2n) is 4.41. The summed E-state index contributed by atoms with van der Waals surface area (Å²) in [6, 6.07) is -0.182. The average molecular weight is 265 g/mol. The molecule has 2 saturated heterocycles. The molecule has 0 saturated carbocycles. The second kappa shape index (κ2) is 7.87. The summed E-state index contributed by atoms with van der Waals surface area (Å²) in [5, 5.41) is 6.10. The number of amides is 1. The van der Waals surface area contributed by atoms with E-state index in [9.17, 15) is 4.79 Å². The highest BCUT2D eigenvalue weighted by molar-refractivity contribution is 5.85. The Balaban J connectivity index is 0.00000144. The number of hydrogen-bond acceptors (Lipinski definition) is 4. The topological polar surface area (TPSA) is 59.6 Å². The van der Waals surface area contributed by atoms with Gasteiger partial charge in [-0.05, 0) is 18.8 Å². The number of hydrogen-bond donors (Lipinski definition) is 2. The number of morpholine rings is 1. The molecule has 0 radical (unpaired) electrons. The molecule has 100 valence electrons. The molecule has 0 aromatic rings. The molecular weight excluding hydrogens is 244 g/mol. The molecule has 2 N–H and O–H groups in total. The SMILES string of the molecule is Cl.O=C(NCC1CCCOC1)C1COCCN1. The van der Waals surface area contributed by atoms with Gasteiger partial charge in [0.25, 0.3) is 0 Å². The van der Waals surface area contributed by atoms with E-state index in [1.165, 1.54) is 0 Å². The average Bonchev–Trinajstić information content (AvgIpc) is 2.38. The largest absolute Gasteiger partial charge is 0.381 e. The van der Waals surface area contributed by atoms with E-state index < -0.39 is 0 Å². The summed E-state index contributed by atoms with van der Waals surface area (Å²) in [6.07, 6.45) is 2.25. The third-order valence-electron chi connectivity index (χ3n) is 3.06. The number of halogens is 1. The normalized spacial score (nSPS) is 29.2. The quantitative estimate of drug-likeness (QED) is 0.750. The third kappa shape index (κ3) is 4.79. The summed E-state index contributed by atoms with van der Waals surface area (Å²) in [5.41, 5.74) is 0. The zero-order valence-corrected chi connectivity index (χ0v) is 10.8. The predicted molar refractivity (Wildman–Crippen MR) is 66.4 cm³/mol. The van der Waals surface area contributed by atoms with Crippen LogP contribution in [0.3, 0.4) is 0 Å². The summed E-state index contributed by atoms with van der Waals surface area (Å²) >= 11 is 0. The lowest BCUT2D eigenvalue weighted by Crippen LogP contribution is -2.52. The molecule has 6 heteroatoms. The van der Waals surface area contributed by atoms with Crippen molar-refractivity contribution in [2.45, 2.75) is 18.9 Å². The second-order valence-corrected chi connectivity index (χ2v) is 4.41. The maximum Gasteiger partial charge on any atom is 0.239 e. The molecule has 2 unspecified atom stereocenters. The van der Waals surface area contributed by atoms with E-state index in [1.807, 2.05) is 0 Å². The Kier molecular flexibility index (Phi) is 6.80. The fraction of sp³-hybridized carbons (Fsp3) is 0.909. The Labute approximate surface area is 108 Å². The first kappa shape index (κ1) is 14.7. The van der Waals surface area contributed by atoms with Crippen molar-refractivity contribution in [1.82, 2.24) is 10.6 Å². The van der Waals surface area contributed by atoms with E-state index in [0.717, 1.165) is 39.1 Å². The number of nitrogens with one attached hydrogen (secondary N) is 2. The van der Waals surface area contributed by atoms with Crippen molar-refractivity contribution >= 4 is 18.3 Å². The molecule has 17 heavy (non-hydrogen) atoms. The van der Waals surface area contributed by atoms with Crippen LogP contribution in [0.25, 0.3) is 0 Å². The molecule has 0 aromatic carbocycles. The molecule has 0 spiro atoms. The van der Waals surface area contributed by atoms with Crippen LogP contribution in [0.4, 0.5) is 0 Å². The molecule has 2 atom stereocenters. The van der Waals surface area contributed by atoms with Crippen LogP contribution in [0, 0.1) is 5.92 Å². The molecule has 0 aromatic heterocycles. The maximum absolute atomic E-state index is 11.7. The first-order valence-electron chi connectivity index (χ1n) is 6.03. The minimum absolute atomic E-state index is 0. The van der Waals surface area contributed by atoms with Crippen molar-refractivity contribution in [3.8, 4) is 0 Å². The van der Waals surface area contributed by atoms with Crippen LogP contribution in [0.5, 0.6) is 0 Å². The number of rotatable bonds is 3. The van der Waals surface area contributed by atoms with Crippen LogP contribution in [0.1, 0.15) is 12.8 Å². The molecule has 2 aliphatic heterocycles. The van der Waals surface area contributed by atoms with E-state index in [-0.39, 0.29) is 24.4 Å². The van der Waals surface area contributed by atoms with E-state index in [2.05, 4.69) is 10.6 Å². The van der Waals surface area contributed by atoms with Crippen LogP contribution < -0.4 is 10.6 Å². The molecule has 0 aliphatic carbocycles. The molecule has 0 bridgehead atoms. The molecule has 5 nitrogen and oxygen atoms in total. The summed E-state index contributed by atoms with van der Waals surface area (Å²) in [6.45, 7) is 4.28. The Morgan fingerprint density at radius 2 is 2.12 bits per heavy atom. The van der Waals surface area contributed by atoms with Crippen molar-refractivity contribution in [3.05, 3.63) is 0 Å². The van der Waals surface area contributed by atoms with Crippen molar-refractivity contribution in [3.63, 3.8) is 0 Å². The van der Waals surface area contributed by atoms with Crippen LogP contribution in [-0.4, -0.2) is 51.5 Å². The van der Waals surface area contributed by atoms with Crippen LogP contribution in [-0.2, 0) is 14.3 Å². The first-order chi connectivity index (χ1) is 7.86. The highest BCUT2D eigenvalue weighted by Crippen LogP contribution is 2.12. The fourth-order valence-electron chi connectivity index (χ4n) is 2.07. The molecule has 2 rings (SSSR count). The minimum Gasteiger partial charge on any atom is -0.381 e. The van der Waals surface area contributed by atoms with Gasteiger partial charge in [0.2, 0.25) is 5.91 Å². The van der Waals surface area contributed by atoms with E-state index in [1.54, 1.807) is 0 Å². The monoisotopic (exact) mass is 264 g/mol. The minimum atomic E-state index is -0.182. The Bertz CT molecular complexity index is 229. The highest BCUT2D eigenvalue weighted by Gasteiger charge is 2.22. The van der Waals surface area contributed by atoms with E-state index in [4.69, 9.17) is 9.47 Å². The van der Waals surface area contributed by atoms with Crippen molar-refractivity contribution in [2.24, 2.45) is 5.92 Å². The maximum atomic E-state index is 11.7. The van der Waals surface area contributed by atoms with Crippen molar-refractivity contribution in [2.75, 3.05) is 39.5 Å². The van der Waals surface area contributed by atoms with Crippen LogP contribution in [0.2, 0.25) is 0 Å². The van der Waals surface area contributed by atoms with Gasteiger partial charge in [-0.15, -0.1) is 12.4 Å². The van der Waals surface area contributed by atoms with Gasteiger partial charge in [0.1, 0.15) is 6.04 Å². The fourth-order valence-corrected chi connectivity index (χ4v) is 2.07. The summed E-state index contributed by atoms with van der Waals surface area (Å²) < 4.78 is 10.6. The van der Waals surface area contributed by atoms with Gasteiger partial charge in [-0.3, -0.25) is 4.79 Å². The van der Waals surface area contributed by atoms with E-state index in [0.29, 0.717) is 19.1 Å². The number of carbonyl (C=O) groups excluding carboxylic acids is 1. The molecule has 2 fully saturated rings. The highest BCUT2D eigenvalue weighted by atomic mass is 35.5. The molecule has 2 aliphatic rings. The van der Waals surface area contributed by atoms with Gasteiger partial charge in [-0.2, -0.15) is 0 Å². The lowest BCUT2D eigenvalue weighted by molar-refractivity contribution is -0.126. The lowest BCUT2D eigenvalue weighted by atomic mass is 10.0. The van der Waals surface area contributed by atoms with Gasteiger partial charge < -0.3 is 20.1 Å². The third-order valence-corrected chi connectivity index (χ3v) is 3.06. The van der Waals surface area contributed by atoms with Gasteiger partial charge >= 0.3 is 0 Å². The predicted octanol–water partition coefficient (Wildman–Crippen LogP) is -0.0606. The first-order valence-corrected chi connectivity index (χ1v) is 6.03. The number of carbonyl (C=O) groups is 1. The Morgan fingerprint density at radius 3 is 2.76 bits per heavy atom. The van der Waals surface area contributed by atoms with Crippen LogP contribution >= 0.6 is 12.4 Å². The van der Waals surface area contributed by atoms with Gasteiger partial charge in [0.05, 0.1) is 19.8 Å². The summed E-state index contributed by atoms with van der Waals surface area (Å²) in [7, 11) is 0. The zero-order chi connectivity index (χ0) is 11.2. The zero-order valence-electron chi connectivity index (χ0n) is 9.94. The van der Waals surface area contributed by atoms with Gasteiger partial charge in [0.15, 0.2) is 0 Å². The van der Waals surface area contributed by atoms with Crippen molar-refractivity contribution < 1.29 is 14.3 Å².